The highest BCUT2D eigenvalue weighted by molar-refractivity contribution is 5.84. The first-order valence-electron chi connectivity index (χ1n) is 9.88. The van der Waals surface area contributed by atoms with E-state index in [1.165, 1.54) is 0 Å². The smallest absolute Gasteiger partial charge is 0.244 e. The van der Waals surface area contributed by atoms with E-state index in [4.69, 9.17) is 9.47 Å². The van der Waals surface area contributed by atoms with Crippen molar-refractivity contribution in [2.45, 2.75) is 27.2 Å². The van der Waals surface area contributed by atoms with Crippen LogP contribution in [-0.4, -0.2) is 30.4 Å². The van der Waals surface area contributed by atoms with E-state index in [1.807, 2.05) is 75.4 Å². The van der Waals surface area contributed by atoms with Gasteiger partial charge in [-0.3, -0.25) is 4.79 Å². The summed E-state index contributed by atoms with van der Waals surface area (Å²) in [5.41, 5.74) is 7.60. The third-order valence-corrected chi connectivity index (χ3v) is 4.77. The highest BCUT2D eigenvalue weighted by Crippen LogP contribution is 2.22. The number of hydrogen-bond donors (Lipinski definition) is 1. The zero-order valence-corrected chi connectivity index (χ0v) is 17.8. The molecular weight excluding hydrogens is 378 g/mol. The number of methoxy groups -OCH3 is 1. The van der Waals surface area contributed by atoms with E-state index < -0.39 is 0 Å². The van der Waals surface area contributed by atoms with Crippen molar-refractivity contribution in [1.82, 2.24) is 9.99 Å². The number of benzene rings is 2. The van der Waals surface area contributed by atoms with Crippen LogP contribution in [0.3, 0.4) is 0 Å². The van der Waals surface area contributed by atoms with Gasteiger partial charge in [0.15, 0.2) is 0 Å². The fraction of sp³-hybridized carbons (Fsp3) is 0.250. The summed E-state index contributed by atoms with van der Waals surface area (Å²) >= 11 is 0. The Kier molecular flexibility index (Phi) is 6.91. The van der Waals surface area contributed by atoms with Crippen molar-refractivity contribution in [2.75, 3.05) is 13.7 Å². The molecule has 1 amide bonds. The van der Waals surface area contributed by atoms with Crippen LogP contribution in [0.1, 0.15) is 29.4 Å². The molecule has 3 rings (SSSR count). The van der Waals surface area contributed by atoms with Crippen LogP contribution in [0.5, 0.6) is 11.5 Å². The molecule has 30 heavy (non-hydrogen) atoms. The van der Waals surface area contributed by atoms with E-state index >= 15 is 0 Å². The van der Waals surface area contributed by atoms with E-state index in [2.05, 4.69) is 15.1 Å². The van der Waals surface area contributed by atoms with Crippen molar-refractivity contribution >= 4 is 12.1 Å². The van der Waals surface area contributed by atoms with Crippen molar-refractivity contribution in [3.05, 3.63) is 77.1 Å². The number of hydrogen-bond acceptors (Lipinski definition) is 4. The molecule has 156 valence electrons. The number of carbonyl (C=O) groups is 1. The maximum Gasteiger partial charge on any atom is 0.244 e. The van der Waals surface area contributed by atoms with E-state index in [0.29, 0.717) is 6.61 Å². The SMILES string of the molecule is CCOc1ccc(-n2c(C)cc(/C=N/NC(=O)Cc3cccc(OC)c3)c2C)cc1. The summed E-state index contributed by atoms with van der Waals surface area (Å²) in [6, 6.07) is 17.5. The molecule has 1 aromatic heterocycles. The molecule has 0 aliphatic carbocycles. The van der Waals surface area contributed by atoms with Crippen LogP contribution in [0.25, 0.3) is 5.69 Å². The molecule has 0 fully saturated rings. The normalized spacial score (nSPS) is 10.9. The Morgan fingerprint density at radius 1 is 1.10 bits per heavy atom. The minimum atomic E-state index is -0.181. The second-order valence-corrected chi connectivity index (χ2v) is 6.91. The standard InChI is InChI=1S/C24H27N3O3/c1-5-30-22-11-9-21(10-12-22)27-17(2)13-20(18(27)3)16-25-26-24(28)15-19-7-6-8-23(14-19)29-4/h6-14,16H,5,15H2,1-4H3,(H,26,28)/b25-16+. The molecule has 0 radical (unpaired) electrons. The molecule has 0 aliphatic heterocycles. The van der Waals surface area contributed by atoms with Gasteiger partial charge < -0.3 is 14.0 Å². The van der Waals surface area contributed by atoms with Crippen molar-refractivity contribution in [1.29, 1.82) is 0 Å². The number of ether oxygens (including phenoxy) is 2. The van der Waals surface area contributed by atoms with Gasteiger partial charge in [-0.25, -0.2) is 5.43 Å². The zero-order valence-electron chi connectivity index (χ0n) is 17.8. The lowest BCUT2D eigenvalue weighted by molar-refractivity contribution is -0.120. The third kappa shape index (κ3) is 5.08. The molecule has 1 heterocycles. The molecule has 6 nitrogen and oxygen atoms in total. The number of amides is 1. The van der Waals surface area contributed by atoms with Gasteiger partial charge in [-0.2, -0.15) is 5.10 Å². The van der Waals surface area contributed by atoms with Crippen LogP contribution in [0.15, 0.2) is 59.7 Å². The Morgan fingerprint density at radius 2 is 1.87 bits per heavy atom. The average Bonchev–Trinajstić information content (AvgIpc) is 3.02. The van der Waals surface area contributed by atoms with Gasteiger partial charge >= 0.3 is 0 Å². The fourth-order valence-electron chi connectivity index (χ4n) is 3.35. The van der Waals surface area contributed by atoms with Crippen molar-refractivity contribution < 1.29 is 14.3 Å². The highest BCUT2D eigenvalue weighted by atomic mass is 16.5. The molecular formula is C24H27N3O3. The topological polar surface area (TPSA) is 64.8 Å². The minimum absolute atomic E-state index is 0.181. The van der Waals surface area contributed by atoms with Gasteiger partial charge in [0.25, 0.3) is 0 Å². The van der Waals surface area contributed by atoms with E-state index in [0.717, 1.165) is 39.7 Å². The van der Waals surface area contributed by atoms with Crippen molar-refractivity contribution in [3.8, 4) is 17.2 Å². The average molecular weight is 405 g/mol. The van der Waals surface area contributed by atoms with Gasteiger partial charge in [0.05, 0.1) is 26.4 Å². The van der Waals surface area contributed by atoms with Crippen LogP contribution >= 0.6 is 0 Å². The number of hydrazone groups is 1. The van der Waals surface area contributed by atoms with Crippen LogP contribution in [0.2, 0.25) is 0 Å². The number of aryl methyl sites for hydroxylation is 1. The van der Waals surface area contributed by atoms with Gasteiger partial charge in [0.1, 0.15) is 11.5 Å². The Balaban J connectivity index is 1.67. The lowest BCUT2D eigenvalue weighted by atomic mass is 10.1. The molecule has 2 aromatic carbocycles. The molecule has 0 saturated heterocycles. The summed E-state index contributed by atoms with van der Waals surface area (Å²) in [5, 5.41) is 4.14. The Bertz CT molecular complexity index is 1040. The predicted octanol–water partition coefficient (Wildman–Crippen LogP) is 4.19. The monoisotopic (exact) mass is 405 g/mol. The molecule has 0 saturated carbocycles. The molecule has 6 heteroatoms. The van der Waals surface area contributed by atoms with Crippen LogP contribution in [0.4, 0.5) is 0 Å². The van der Waals surface area contributed by atoms with Crippen LogP contribution < -0.4 is 14.9 Å². The number of nitrogens with one attached hydrogen (secondary N) is 1. The third-order valence-electron chi connectivity index (χ3n) is 4.77. The summed E-state index contributed by atoms with van der Waals surface area (Å²) in [5.74, 6) is 1.40. The number of rotatable bonds is 8. The van der Waals surface area contributed by atoms with Gasteiger partial charge in [-0.05, 0) is 68.8 Å². The molecule has 1 N–H and O–H groups in total. The molecule has 0 spiro atoms. The number of carbonyl (C=O) groups excluding carboxylic acids is 1. The second-order valence-electron chi connectivity index (χ2n) is 6.91. The summed E-state index contributed by atoms with van der Waals surface area (Å²) < 4.78 is 12.9. The predicted molar refractivity (Wildman–Crippen MR) is 119 cm³/mol. The largest absolute Gasteiger partial charge is 0.497 e. The molecule has 0 atom stereocenters. The van der Waals surface area contributed by atoms with Crippen molar-refractivity contribution in [2.24, 2.45) is 5.10 Å². The fourth-order valence-corrected chi connectivity index (χ4v) is 3.35. The summed E-state index contributed by atoms with van der Waals surface area (Å²) in [6.07, 6.45) is 1.91. The molecule has 0 bridgehead atoms. The molecule has 3 aromatic rings. The number of aromatic nitrogens is 1. The van der Waals surface area contributed by atoms with Gasteiger partial charge in [0, 0.05) is 22.6 Å². The lowest BCUT2D eigenvalue weighted by Gasteiger charge is -2.10. The van der Waals surface area contributed by atoms with E-state index in [1.54, 1.807) is 13.3 Å². The van der Waals surface area contributed by atoms with Gasteiger partial charge in [0.2, 0.25) is 5.91 Å². The Labute approximate surface area is 177 Å². The van der Waals surface area contributed by atoms with Crippen LogP contribution in [0, 0.1) is 13.8 Å². The van der Waals surface area contributed by atoms with Crippen molar-refractivity contribution in [3.63, 3.8) is 0 Å². The quantitative estimate of drug-likeness (QED) is 0.451. The molecule has 0 unspecified atom stereocenters. The molecule has 0 aliphatic rings. The summed E-state index contributed by atoms with van der Waals surface area (Å²) in [6.45, 7) is 6.69. The maximum absolute atomic E-state index is 12.2. The minimum Gasteiger partial charge on any atom is -0.497 e. The Hall–Kier alpha value is -3.54. The first kappa shape index (κ1) is 21.2. The lowest BCUT2D eigenvalue weighted by Crippen LogP contribution is -2.19. The van der Waals surface area contributed by atoms with Gasteiger partial charge in [-0.15, -0.1) is 0 Å². The van der Waals surface area contributed by atoms with E-state index in [-0.39, 0.29) is 12.3 Å². The highest BCUT2D eigenvalue weighted by Gasteiger charge is 2.10. The number of nitrogens with zero attached hydrogens (tertiary/aromatic N) is 2. The van der Waals surface area contributed by atoms with Crippen LogP contribution in [-0.2, 0) is 11.2 Å². The summed E-state index contributed by atoms with van der Waals surface area (Å²) in [7, 11) is 1.60. The first-order valence-corrected chi connectivity index (χ1v) is 9.88. The summed E-state index contributed by atoms with van der Waals surface area (Å²) in [4.78, 5) is 12.2. The maximum atomic E-state index is 12.2. The Morgan fingerprint density at radius 3 is 2.57 bits per heavy atom. The first-order chi connectivity index (χ1) is 14.5. The van der Waals surface area contributed by atoms with Gasteiger partial charge in [-0.1, -0.05) is 12.1 Å². The van der Waals surface area contributed by atoms with E-state index in [9.17, 15) is 4.79 Å². The second kappa shape index (κ2) is 9.78. The zero-order chi connectivity index (χ0) is 21.5.